The molecule has 1 aromatic carbocycles. The van der Waals surface area contributed by atoms with Crippen molar-refractivity contribution in [2.24, 2.45) is 12.8 Å². The van der Waals surface area contributed by atoms with Gasteiger partial charge in [-0.25, -0.2) is 9.97 Å². The molecular weight excluding hydrogens is 352 g/mol. The third-order valence-electron chi connectivity index (χ3n) is 5.47. The minimum absolute atomic E-state index is 0.214. The van der Waals surface area contributed by atoms with Crippen LogP contribution in [0.2, 0.25) is 0 Å². The van der Waals surface area contributed by atoms with Crippen LogP contribution in [0, 0.1) is 6.92 Å². The number of nitrogens with two attached hydrogens (primary N) is 1. The van der Waals surface area contributed by atoms with Gasteiger partial charge in [0.2, 0.25) is 0 Å². The fraction of sp³-hybridized carbons (Fsp3) is 0.286. The van der Waals surface area contributed by atoms with Crippen LogP contribution in [-0.4, -0.2) is 44.0 Å². The number of phenols is 1. The Bertz CT molecular complexity index is 1210. The number of benzene rings is 1. The second-order valence-electron chi connectivity index (χ2n) is 7.54. The molecule has 0 radical (unpaired) electrons. The molecule has 1 saturated heterocycles. The number of anilines is 1. The minimum Gasteiger partial charge on any atom is -0.507 e. The maximum absolute atomic E-state index is 10.7. The minimum atomic E-state index is 0.214. The lowest BCUT2D eigenvalue weighted by molar-refractivity contribution is 0.474. The molecule has 0 spiro atoms. The molecule has 142 valence electrons. The Balaban J connectivity index is 1.58. The zero-order valence-electron chi connectivity index (χ0n) is 15.9. The van der Waals surface area contributed by atoms with Crippen molar-refractivity contribution in [3.8, 4) is 17.0 Å². The van der Waals surface area contributed by atoms with E-state index in [0.717, 1.165) is 58.5 Å². The Morgan fingerprint density at radius 3 is 2.71 bits per heavy atom. The van der Waals surface area contributed by atoms with Crippen LogP contribution < -0.4 is 10.6 Å². The summed E-state index contributed by atoms with van der Waals surface area (Å²) in [5.41, 5.74) is 10.6. The smallest absolute Gasteiger partial charge is 0.130 e. The highest BCUT2D eigenvalue weighted by Gasteiger charge is 2.21. The predicted octanol–water partition coefficient (Wildman–Crippen LogP) is 2.73. The molecule has 7 nitrogen and oxygen atoms in total. The van der Waals surface area contributed by atoms with Crippen LogP contribution in [0.3, 0.4) is 0 Å². The third kappa shape index (κ3) is 2.66. The van der Waals surface area contributed by atoms with Crippen molar-refractivity contribution in [1.82, 2.24) is 19.7 Å². The molecule has 0 bridgehead atoms. The number of aromatic nitrogens is 4. The van der Waals surface area contributed by atoms with E-state index in [0.29, 0.717) is 5.56 Å². The van der Waals surface area contributed by atoms with E-state index in [9.17, 15) is 5.11 Å². The molecule has 0 aliphatic carbocycles. The van der Waals surface area contributed by atoms with Gasteiger partial charge in [0, 0.05) is 48.9 Å². The summed E-state index contributed by atoms with van der Waals surface area (Å²) < 4.78 is 1.75. The Labute approximate surface area is 162 Å². The maximum atomic E-state index is 10.7. The predicted molar refractivity (Wildman–Crippen MR) is 110 cm³/mol. The third-order valence-corrected chi connectivity index (χ3v) is 5.47. The van der Waals surface area contributed by atoms with Crippen molar-refractivity contribution in [1.29, 1.82) is 0 Å². The molecule has 4 heterocycles. The van der Waals surface area contributed by atoms with Gasteiger partial charge < -0.3 is 15.7 Å². The number of nitrogens with zero attached hydrogens (tertiary/aromatic N) is 5. The van der Waals surface area contributed by atoms with E-state index >= 15 is 0 Å². The molecule has 5 rings (SSSR count). The highest BCUT2D eigenvalue weighted by molar-refractivity contribution is 5.91. The second-order valence-corrected chi connectivity index (χ2v) is 7.54. The summed E-state index contributed by atoms with van der Waals surface area (Å²) in [4.78, 5) is 11.7. The fourth-order valence-corrected chi connectivity index (χ4v) is 3.96. The molecular formula is C21H22N6O. The summed E-state index contributed by atoms with van der Waals surface area (Å²) in [6.45, 7) is 3.65. The van der Waals surface area contributed by atoms with Crippen molar-refractivity contribution in [2.75, 3.05) is 18.0 Å². The molecule has 4 aromatic rings. The lowest BCUT2D eigenvalue weighted by Crippen LogP contribution is -2.26. The summed E-state index contributed by atoms with van der Waals surface area (Å²) >= 11 is 0. The van der Waals surface area contributed by atoms with Gasteiger partial charge in [0.1, 0.15) is 11.6 Å². The first-order valence-corrected chi connectivity index (χ1v) is 9.44. The zero-order valence-corrected chi connectivity index (χ0v) is 15.9. The quantitative estimate of drug-likeness (QED) is 0.560. The van der Waals surface area contributed by atoms with Crippen LogP contribution >= 0.6 is 0 Å². The molecule has 28 heavy (non-hydrogen) atoms. The van der Waals surface area contributed by atoms with E-state index in [1.807, 2.05) is 50.5 Å². The van der Waals surface area contributed by atoms with E-state index < -0.39 is 0 Å². The molecule has 1 aliphatic rings. The number of aromatic hydroxyl groups is 1. The van der Waals surface area contributed by atoms with Crippen LogP contribution in [-0.2, 0) is 7.05 Å². The van der Waals surface area contributed by atoms with Gasteiger partial charge in [-0.15, -0.1) is 0 Å². The van der Waals surface area contributed by atoms with Gasteiger partial charge in [0.25, 0.3) is 0 Å². The average molecular weight is 374 g/mol. The van der Waals surface area contributed by atoms with E-state index in [2.05, 4.69) is 10.00 Å². The van der Waals surface area contributed by atoms with Gasteiger partial charge >= 0.3 is 0 Å². The number of aryl methyl sites for hydroxylation is 2. The lowest BCUT2D eigenvalue weighted by Gasteiger charge is -2.17. The molecule has 0 amide bonds. The molecule has 3 N–H and O–H groups in total. The zero-order chi connectivity index (χ0) is 19.4. The average Bonchev–Trinajstić information content (AvgIpc) is 3.29. The molecule has 0 saturated carbocycles. The first-order valence-electron chi connectivity index (χ1n) is 9.44. The SMILES string of the molecule is Cc1c(O)c(-c2ccc3nc(N4CC[C@H](N)C4)ccc3n2)cc2cn(C)nc12. The van der Waals surface area contributed by atoms with E-state index in [1.54, 1.807) is 4.68 Å². The number of pyridine rings is 2. The van der Waals surface area contributed by atoms with Gasteiger partial charge in [0.15, 0.2) is 0 Å². The monoisotopic (exact) mass is 374 g/mol. The highest BCUT2D eigenvalue weighted by Crippen LogP contribution is 2.36. The second kappa shape index (κ2) is 6.17. The van der Waals surface area contributed by atoms with Crippen molar-refractivity contribution < 1.29 is 5.11 Å². The number of hydrogen-bond acceptors (Lipinski definition) is 6. The number of hydrogen-bond donors (Lipinski definition) is 2. The molecule has 1 aliphatic heterocycles. The van der Waals surface area contributed by atoms with Crippen LogP contribution in [0.25, 0.3) is 33.2 Å². The van der Waals surface area contributed by atoms with Crippen molar-refractivity contribution in [3.05, 3.63) is 42.1 Å². The van der Waals surface area contributed by atoms with Crippen LogP contribution in [0.5, 0.6) is 5.75 Å². The molecule has 1 atom stereocenters. The molecule has 7 heteroatoms. The Hall–Kier alpha value is -3.19. The van der Waals surface area contributed by atoms with Gasteiger partial charge in [-0.3, -0.25) is 4.68 Å². The Morgan fingerprint density at radius 2 is 1.93 bits per heavy atom. The van der Waals surface area contributed by atoms with Gasteiger partial charge in [-0.2, -0.15) is 5.10 Å². The van der Waals surface area contributed by atoms with Crippen LogP contribution in [0.15, 0.2) is 36.5 Å². The number of phenolic OH excluding ortho intramolecular Hbond substituents is 1. The fourth-order valence-electron chi connectivity index (χ4n) is 3.96. The van der Waals surface area contributed by atoms with Gasteiger partial charge in [-0.1, -0.05) is 0 Å². The highest BCUT2D eigenvalue weighted by atomic mass is 16.3. The summed E-state index contributed by atoms with van der Waals surface area (Å²) in [5, 5.41) is 16.1. The van der Waals surface area contributed by atoms with Gasteiger partial charge in [0.05, 0.1) is 22.2 Å². The van der Waals surface area contributed by atoms with E-state index in [1.165, 1.54) is 0 Å². The number of rotatable bonds is 2. The lowest BCUT2D eigenvalue weighted by atomic mass is 10.0. The van der Waals surface area contributed by atoms with Crippen LogP contribution in [0.4, 0.5) is 5.82 Å². The van der Waals surface area contributed by atoms with Crippen molar-refractivity contribution in [2.45, 2.75) is 19.4 Å². The van der Waals surface area contributed by atoms with Crippen molar-refractivity contribution in [3.63, 3.8) is 0 Å². The number of fused-ring (bicyclic) bond motifs is 2. The topological polar surface area (TPSA) is 93.1 Å². The summed E-state index contributed by atoms with van der Waals surface area (Å²) in [7, 11) is 1.88. The summed E-state index contributed by atoms with van der Waals surface area (Å²) in [5.74, 6) is 1.15. The Morgan fingerprint density at radius 1 is 1.14 bits per heavy atom. The first-order chi connectivity index (χ1) is 13.5. The standard InChI is InChI=1S/C21H22N6O/c1-12-20-13(10-26(2)25-20)9-15(21(12)28)16-3-4-18-17(23-16)5-6-19(24-18)27-8-7-14(22)11-27/h3-6,9-10,14,28H,7-8,11,22H2,1-2H3/t14-/m0/s1. The van der Waals surface area contributed by atoms with Crippen LogP contribution in [0.1, 0.15) is 12.0 Å². The maximum Gasteiger partial charge on any atom is 0.130 e. The first kappa shape index (κ1) is 16.9. The van der Waals surface area contributed by atoms with E-state index in [4.69, 9.17) is 15.7 Å². The molecule has 1 fully saturated rings. The summed E-state index contributed by atoms with van der Waals surface area (Å²) in [6, 6.07) is 9.99. The largest absolute Gasteiger partial charge is 0.507 e. The van der Waals surface area contributed by atoms with E-state index in [-0.39, 0.29) is 11.8 Å². The van der Waals surface area contributed by atoms with Crippen molar-refractivity contribution >= 4 is 27.8 Å². The Kier molecular flexibility index (Phi) is 3.73. The van der Waals surface area contributed by atoms with Gasteiger partial charge in [-0.05, 0) is 43.7 Å². The molecule has 3 aromatic heterocycles. The molecule has 0 unspecified atom stereocenters. The summed E-state index contributed by atoms with van der Waals surface area (Å²) in [6.07, 6.45) is 2.94. The normalized spacial score (nSPS) is 17.1.